The van der Waals surface area contributed by atoms with Gasteiger partial charge in [-0.1, -0.05) is 33.9 Å². The fourth-order valence-electron chi connectivity index (χ4n) is 3.28. The highest BCUT2D eigenvalue weighted by atomic mass is 28.3. The summed E-state index contributed by atoms with van der Waals surface area (Å²) in [6.07, 6.45) is -0.875. The van der Waals surface area contributed by atoms with Crippen LogP contribution >= 0.6 is 0 Å². The summed E-state index contributed by atoms with van der Waals surface area (Å²) < 4.78 is 30.6. The number of rotatable bonds is 4. The van der Waals surface area contributed by atoms with Gasteiger partial charge in [-0.05, 0) is 17.9 Å². The Morgan fingerprint density at radius 2 is 1.75 bits per heavy atom. The van der Waals surface area contributed by atoms with Crippen molar-refractivity contribution in [3.63, 3.8) is 0 Å². The number of likely N-dealkylation sites (tertiary alicyclic amines) is 1. The predicted molar refractivity (Wildman–Crippen MR) is 89.2 cm³/mol. The standard InChI is InChI=1S/C16H28F2N2O3Si/c1-15(2,3)24(4,5)20-11(10-12(20)21)13(22)16(17,18)14(23)19-8-6-7-9-19/h11,13,22H,6-10H2,1-5H3/t11-,13-/m0/s1. The van der Waals surface area contributed by atoms with Crippen molar-refractivity contribution in [1.82, 2.24) is 9.47 Å². The van der Waals surface area contributed by atoms with Crippen LogP contribution in [0, 0.1) is 0 Å². The third-order valence-corrected chi connectivity index (χ3v) is 11.3. The fraction of sp³-hybridized carbons (Fsp3) is 0.875. The molecule has 0 bridgehead atoms. The van der Waals surface area contributed by atoms with Crippen LogP contribution in [0.15, 0.2) is 0 Å². The van der Waals surface area contributed by atoms with Crippen LogP contribution in [-0.4, -0.2) is 65.8 Å². The molecule has 0 radical (unpaired) electrons. The van der Waals surface area contributed by atoms with Gasteiger partial charge in [-0.3, -0.25) is 9.59 Å². The summed E-state index contributed by atoms with van der Waals surface area (Å²) in [6.45, 7) is 10.4. The maximum atomic E-state index is 14.6. The number of nitrogens with zero attached hydrogens (tertiary/aromatic N) is 2. The summed E-state index contributed by atoms with van der Waals surface area (Å²) in [5, 5.41) is 10.0. The lowest BCUT2D eigenvalue weighted by molar-refractivity contribution is -0.187. The Bertz CT molecular complexity index is 528. The Morgan fingerprint density at radius 1 is 1.25 bits per heavy atom. The monoisotopic (exact) mass is 362 g/mol. The van der Waals surface area contributed by atoms with Crippen LogP contribution in [0.5, 0.6) is 0 Å². The van der Waals surface area contributed by atoms with Gasteiger partial charge >= 0.3 is 5.92 Å². The van der Waals surface area contributed by atoms with Gasteiger partial charge in [0.15, 0.2) is 8.24 Å². The van der Waals surface area contributed by atoms with Crippen LogP contribution in [-0.2, 0) is 9.59 Å². The molecule has 0 aromatic rings. The molecule has 8 heteroatoms. The predicted octanol–water partition coefficient (Wildman–Crippen LogP) is 2.21. The molecule has 1 N–H and O–H groups in total. The molecule has 2 amide bonds. The van der Waals surface area contributed by atoms with Gasteiger partial charge < -0.3 is 14.6 Å². The second-order valence-corrected chi connectivity index (χ2v) is 13.5. The van der Waals surface area contributed by atoms with Gasteiger partial charge in [-0.25, -0.2) is 0 Å². The average molecular weight is 362 g/mol. The molecule has 2 aliphatic rings. The van der Waals surface area contributed by atoms with Gasteiger partial charge in [0.1, 0.15) is 6.10 Å². The smallest absolute Gasteiger partial charge is 0.351 e. The molecule has 2 aliphatic heterocycles. The zero-order valence-electron chi connectivity index (χ0n) is 15.1. The van der Waals surface area contributed by atoms with Gasteiger partial charge in [-0.15, -0.1) is 0 Å². The van der Waals surface area contributed by atoms with Gasteiger partial charge in [0.2, 0.25) is 5.91 Å². The summed E-state index contributed by atoms with van der Waals surface area (Å²) in [6, 6.07) is -0.986. The molecule has 2 rings (SSSR count). The molecule has 2 heterocycles. The third-order valence-electron chi connectivity index (χ3n) is 5.84. The van der Waals surface area contributed by atoms with E-state index in [2.05, 4.69) is 0 Å². The number of alkyl halides is 2. The van der Waals surface area contributed by atoms with Crippen molar-refractivity contribution in [3.8, 4) is 0 Å². The van der Waals surface area contributed by atoms with Gasteiger partial charge in [-0.2, -0.15) is 8.78 Å². The molecular formula is C16H28F2N2O3Si. The molecule has 0 aromatic heterocycles. The second-order valence-electron chi connectivity index (χ2n) is 8.41. The largest absolute Gasteiger partial charge is 0.384 e. The minimum atomic E-state index is -3.86. The molecule has 5 nitrogen and oxygen atoms in total. The number of carbonyl (C=O) groups excluding carboxylic acids is 2. The number of β-lactam (4-membered cyclic amide) rings is 1. The van der Waals surface area contributed by atoms with E-state index in [0.29, 0.717) is 25.9 Å². The summed E-state index contributed by atoms with van der Waals surface area (Å²) >= 11 is 0. The van der Waals surface area contributed by atoms with Crippen molar-refractivity contribution >= 4 is 20.0 Å². The minimum Gasteiger partial charge on any atom is -0.384 e. The summed E-state index contributed by atoms with van der Waals surface area (Å²) in [5.41, 5.74) is 0. The molecule has 0 aliphatic carbocycles. The normalized spacial score (nSPS) is 24.2. The van der Waals surface area contributed by atoms with Crippen molar-refractivity contribution in [2.45, 2.75) is 76.2 Å². The highest BCUT2D eigenvalue weighted by Crippen LogP contribution is 2.45. The maximum absolute atomic E-state index is 14.6. The lowest BCUT2D eigenvalue weighted by Gasteiger charge is -2.56. The second kappa shape index (κ2) is 6.05. The van der Waals surface area contributed by atoms with E-state index in [9.17, 15) is 23.5 Å². The van der Waals surface area contributed by atoms with E-state index in [0.717, 1.165) is 4.90 Å². The molecular weight excluding hydrogens is 334 g/mol. The number of hydrogen-bond donors (Lipinski definition) is 1. The number of aliphatic hydroxyl groups excluding tert-OH is 1. The number of hydrogen-bond acceptors (Lipinski definition) is 3. The van der Waals surface area contributed by atoms with Crippen molar-refractivity contribution < 1.29 is 23.5 Å². The van der Waals surface area contributed by atoms with Gasteiger partial charge in [0.05, 0.1) is 6.04 Å². The van der Waals surface area contributed by atoms with E-state index in [-0.39, 0.29) is 17.4 Å². The van der Waals surface area contributed by atoms with E-state index in [1.165, 1.54) is 4.57 Å². The van der Waals surface area contributed by atoms with Crippen LogP contribution < -0.4 is 0 Å². The molecule has 0 unspecified atom stereocenters. The van der Waals surface area contributed by atoms with E-state index >= 15 is 0 Å². The molecule has 2 atom stereocenters. The molecule has 2 fully saturated rings. The van der Waals surface area contributed by atoms with Crippen LogP contribution in [0.2, 0.25) is 18.1 Å². The van der Waals surface area contributed by atoms with Crippen molar-refractivity contribution in [2.24, 2.45) is 0 Å². The number of amides is 2. The van der Waals surface area contributed by atoms with Crippen molar-refractivity contribution in [2.75, 3.05) is 13.1 Å². The first kappa shape index (κ1) is 19.3. The Labute approximate surface area is 143 Å². The highest BCUT2D eigenvalue weighted by molar-refractivity contribution is 6.80. The number of aliphatic hydroxyl groups is 1. The zero-order chi connectivity index (χ0) is 18.5. The quantitative estimate of drug-likeness (QED) is 0.616. The fourth-order valence-corrected chi connectivity index (χ4v) is 5.78. The van der Waals surface area contributed by atoms with Crippen LogP contribution in [0.25, 0.3) is 0 Å². The first-order chi connectivity index (χ1) is 10.8. The van der Waals surface area contributed by atoms with E-state index in [1.54, 1.807) is 0 Å². The summed E-state index contributed by atoms with van der Waals surface area (Å²) in [4.78, 5) is 25.3. The Balaban J connectivity index is 2.20. The molecule has 0 spiro atoms. The third kappa shape index (κ3) is 2.98. The van der Waals surface area contributed by atoms with Crippen LogP contribution in [0.3, 0.4) is 0 Å². The van der Waals surface area contributed by atoms with Crippen molar-refractivity contribution in [1.29, 1.82) is 0 Å². The van der Waals surface area contributed by atoms with Crippen LogP contribution in [0.1, 0.15) is 40.0 Å². The summed E-state index contributed by atoms with van der Waals surface area (Å²) in [7, 11) is -2.39. The molecule has 2 saturated heterocycles. The molecule has 0 aromatic carbocycles. The lowest BCUT2D eigenvalue weighted by Crippen LogP contribution is -2.73. The van der Waals surface area contributed by atoms with Crippen LogP contribution in [0.4, 0.5) is 8.78 Å². The molecule has 24 heavy (non-hydrogen) atoms. The maximum Gasteiger partial charge on any atom is 0.351 e. The Kier molecular flexibility index (Phi) is 4.87. The average Bonchev–Trinajstić information content (AvgIpc) is 2.94. The topological polar surface area (TPSA) is 60.9 Å². The highest BCUT2D eigenvalue weighted by Gasteiger charge is 2.61. The van der Waals surface area contributed by atoms with E-state index in [1.807, 2.05) is 33.9 Å². The molecule has 138 valence electrons. The Morgan fingerprint density at radius 3 is 2.17 bits per heavy atom. The van der Waals surface area contributed by atoms with Gasteiger partial charge in [0, 0.05) is 19.5 Å². The van der Waals surface area contributed by atoms with Gasteiger partial charge in [0.25, 0.3) is 5.91 Å². The lowest BCUT2D eigenvalue weighted by atomic mass is 9.94. The number of carbonyl (C=O) groups is 2. The summed E-state index contributed by atoms with van der Waals surface area (Å²) in [5.74, 6) is -5.40. The van der Waals surface area contributed by atoms with E-state index in [4.69, 9.17) is 0 Å². The SMILES string of the molecule is CC(C)(C)[Si](C)(C)N1C(=O)C[C@H]1[C@H](O)C(F)(F)C(=O)N1CCCC1. The first-order valence-electron chi connectivity index (χ1n) is 8.49. The molecule has 0 saturated carbocycles. The van der Waals surface area contributed by atoms with Crippen molar-refractivity contribution in [3.05, 3.63) is 0 Å². The Hall–Kier alpha value is -1.02. The van der Waals surface area contributed by atoms with E-state index < -0.39 is 32.2 Å². The minimum absolute atomic E-state index is 0.128. The number of halogens is 2. The zero-order valence-corrected chi connectivity index (χ0v) is 16.1. The first-order valence-corrected chi connectivity index (χ1v) is 11.4.